The summed E-state index contributed by atoms with van der Waals surface area (Å²) in [7, 11) is 0. The summed E-state index contributed by atoms with van der Waals surface area (Å²) in [5, 5.41) is 8.64. The molecule has 0 spiro atoms. The standard InChI is InChI=1S/C10H16N4OS/c15-9(13-10-12-4-7-16-10)8-14-5-1-2-11-3-6-14/h4,7,11H,1-3,5-6,8H2,(H,12,13,15). The van der Waals surface area contributed by atoms with E-state index in [9.17, 15) is 4.79 Å². The Labute approximate surface area is 98.9 Å². The SMILES string of the molecule is O=C(CN1CCCNCC1)Nc1nccs1. The number of nitrogens with one attached hydrogen (secondary N) is 2. The Kier molecular flexibility index (Phi) is 4.26. The Morgan fingerprint density at radius 2 is 2.50 bits per heavy atom. The number of hydrogen-bond donors (Lipinski definition) is 2. The summed E-state index contributed by atoms with van der Waals surface area (Å²) in [6.45, 7) is 4.39. The van der Waals surface area contributed by atoms with E-state index >= 15 is 0 Å². The molecule has 1 amide bonds. The maximum atomic E-state index is 11.7. The molecule has 1 aromatic rings. The van der Waals surface area contributed by atoms with Gasteiger partial charge in [0.25, 0.3) is 0 Å². The zero-order valence-corrected chi connectivity index (χ0v) is 9.92. The maximum Gasteiger partial charge on any atom is 0.240 e. The smallest absolute Gasteiger partial charge is 0.240 e. The van der Waals surface area contributed by atoms with Gasteiger partial charge in [-0.15, -0.1) is 11.3 Å². The van der Waals surface area contributed by atoms with Gasteiger partial charge in [-0.2, -0.15) is 0 Å². The molecule has 1 fully saturated rings. The van der Waals surface area contributed by atoms with Crippen molar-refractivity contribution in [1.29, 1.82) is 0 Å². The normalized spacial score (nSPS) is 18.0. The van der Waals surface area contributed by atoms with Gasteiger partial charge in [0, 0.05) is 24.7 Å². The molecule has 0 saturated carbocycles. The van der Waals surface area contributed by atoms with Crippen LogP contribution in [-0.2, 0) is 4.79 Å². The Bertz CT molecular complexity index is 320. The van der Waals surface area contributed by atoms with Gasteiger partial charge in [-0.25, -0.2) is 4.98 Å². The summed E-state index contributed by atoms with van der Waals surface area (Å²) in [6, 6.07) is 0. The highest BCUT2D eigenvalue weighted by molar-refractivity contribution is 7.13. The predicted molar refractivity (Wildman–Crippen MR) is 64.7 cm³/mol. The lowest BCUT2D eigenvalue weighted by Gasteiger charge is -2.17. The lowest BCUT2D eigenvalue weighted by atomic mass is 10.4. The number of hydrogen-bond acceptors (Lipinski definition) is 5. The third-order valence-corrected chi connectivity index (χ3v) is 3.17. The molecule has 0 radical (unpaired) electrons. The van der Waals surface area contributed by atoms with Crippen LogP contribution in [0, 0.1) is 0 Å². The van der Waals surface area contributed by atoms with Gasteiger partial charge in [0.1, 0.15) is 0 Å². The predicted octanol–water partition coefficient (Wildman–Crippen LogP) is 0.377. The van der Waals surface area contributed by atoms with Gasteiger partial charge < -0.3 is 10.6 Å². The summed E-state index contributed by atoms with van der Waals surface area (Å²) in [4.78, 5) is 17.9. The minimum atomic E-state index is 0.0249. The first-order valence-corrected chi connectivity index (χ1v) is 6.35. The molecule has 0 unspecified atom stereocenters. The number of thiazole rings is 1. The van der Waals surface area contributed by atoms with Gasteiger partial charge in [-0.1, -0.05) is 0 Å². The molecule has 16 heavy (non-hydrogen) atoms. The molecule has 0 bridgehead atoms. The average molecular weight is 240 g/mol. The quantitative estimate of drug-likeness (QED) is 0.802. The van der Waals surface area contributed by atoms with E-state index in [-0.39, 0.29) is 5.91 Å². The average Bonchev–Trinajstić information content (AvgIpc) is 2.62. The van der Waals surface area contributed by atoms with E-state index in [0.717, 1.165) is 32.6 Å². The van der Waals surface area contributed by atoms with Gasteiger partial charge >= 0.3 is 0 Å². The van der Waals surface area contributed by atoms with Gasteiger partial charge in [0.15, 0.2) is 5.13 Å². The van der Waals surface area contributed by atoms with Crippen LogP contribution in [0.5, 0.6) is 0 Å². The zero-order valence-electron chi connectivity index (χ0n) is 9.11. The number of nitrogens with zero attached hydrogens (tertiary/aromatic N) is 2. The summed E-state index contributed by atoms with van der Waals surface area (Å²) < 4.78 is 0. The van der Waals surface area contributed by atoms with Crippen LogP contribution in [-0.4, -0.2) is 48.5 Å². The fraction of sp³-hybridized carbons (Fsp3) is 0.600. The van der Waals surface area contributed by atoms with Gasteiger partial charge in [-0.05, 0) is 19.5 Å². The van der Waals surface area contributed by atoms with Crippen LogP contribution < -0.4 is 10.6 Å². The molecule has 0 aromatic carbocycles. The van der Waals surface area contributed by atoms with E-state index < -0.39 is 0 Å². The van der Waals surface area contributed by atoms with Crippen molar-refractivity contribution in [2.75, 3.05) is 38.0 Å². The lowest BCUT2D eigenvalue weighted by molar-refractivity contribution is -0.117. The second-order valence-corrected chi connectivity index (χ2v) is 4.66. The highest BCUT2D eigenvalue weighted by Gasteiger charge is 2.13. The zero-order chi connectivity index (χ0) is 11.2. The number of anilines is 1. The van der Waals surface area contributed by atoms with Crippen LogP contribution in [0.4, 0.5) is 5.13 Å². The van der Waals surface area contributed by atoms with Gasteiger partial charge in [-0.3, -0.25) is 9.69 Å². The van der Waals surface area contributed by atoms with Gasteiger partial charge in [0.2, 0.25) is 5.91 Å². The third-order valence-electron chi connectivity index (χ3n) is 2.48. The number of aromatic nitrogens is 1. The van der Waals surface area contributed by atoms with E-state index in [1.807, 2.05) is 5.38 Å². The fourth-order valence-corrected chi connectivity index (χ4v) is 2.25. The van der Waals surface area contributed by atoms with Crippen molar-refractivity contribution in [2.45, 2.75) is 6.42 Å². The minimum absolute atomic E-state index is 0.0249. The Morgan fingerprint density at radius 1 is 1.56 bits per heavy atom. The first kappa shape index (κ1) is 11.5. The van der Waals surface area contributed by atoms with Crippen LogP contribution in [0.1, 0.15) is 6.42 Å². The maximum absolute atomic E-state index is 11.7. The molecule has 88 valence electrons. The molecule has 1 saturated heterocycles. The van der Waals surface area contributed by atoms with Gasteiger partial charge in [0.05, 0.1) is 6.54 Å². The summed E-state index contributed by atoms with van der Waals surface area (Å²) in [5.74, 6) is 0.0249. The molecule has 5 nitrogen and oxygen atoms in total. The number of carbonyl (C=O) groups excluding carboxylic acids is 1. The van der Waals surface area contributed by atoms with E-state index in [0.29, 0.717) is 11.7 Å². The molecule has 1 aromatic heterocycles. The molecule has 1 aliphatic rings. The molecule has 2 rings (SSSR count). The van der Waals surface area contributed by atoms with Crippen LogP contribution in [0.15, 0.2) is 11.6 Å². The van der Waals surface area contributed by atoms with Crippen molar-refractivity contribution in [3.05, 3.63) is 11.6 Å². The van der Waals surface area contributed by atoms with Crippen molar-refractivity contribution in [3.63, 3.8) is 0 Å². The van der Waals surface area contributed by atoms with E-state index in [1.165, 1.54) is 11.3 Å². The van der Waals surface area contributed by atoms with E-state index in [4.69, 9.17) is 0 Å². The largest absolute Gasteiger partial charge is 0.315 e. The topological polar surface area (TPSA) is 57.3 Å². The molecule has 0 atom stereocenters. The molecular formula is C10H16N4OS. The summed E-state index contributed by atoms with van der Waals surface area (Å²) >= 11 is 1.44. The summed E-state index contributed by atoms with van der Waals surface area (Å²) in [6.07, 6.45) is 2.79. The number of amides is 1. The Hall–Kier alpha value is -0.980. The van der Waals surface area contributed by atoms with E-state index in [2.05, 4.69) is 20.5 Å². The van der Waals surface area contributed by atoms with Crippen LogP contribution in [0.25, 0.3) is 0 Å². The monoisotopic (exact) mass is 240 g/mol. The lowest BCUT2D eigenvalue weighted by Crippen LogP contribution is -2.35. The van der Waals surface area contributed by atoms with Crippen LogP contribution in [0.2, 0.25) is 0 Å². The van der Waals surface area contributed by atoms with Crippen LogP contribution in [0.3, 0.4) is 0 Å². The molecule has 1 aliphatic heterocycles. The first-order chi connectivity index (χ1) is 7.84. The number of carbonyl (C=O) groups is 1. The highest BCUT2D eigenvalue weighted by Crippen LogP contribution is 2.10. The summed E-state index contributed by atoms with van der Waals surface area (Å²) in [5.41, 5.74) is 0. The third kappa shape index (κ3) is 3.55. The molecule has 2 N–H and O–H groups in total. The van der Waals surface area contributed by atoms with Crippen molar-refractivity contribution in [3.8, 4) is 0 Å². The molecular weight excluding hydrogens is 224 g/mol. The highest BCUT2D eigenvalue weighted by atomic mass is 32.1. The molecule has 6 heteroatoms. The fourth-order valence-electron chi connectivity index (χ4n) is 1.71. The van der Waals surface area contributed by atoms with Crippen molar-refractivity contribution >= 4 is 22.4 Å². The Balaban J connectivity index is 1.77. The Morgan fingerprint density at radius 3 is 3.31 bits per heavy atom. The second kappa shape index (κ2) is 5.93. The van der Waals surface area contributed by atoms with Crippen LogP contribution >= 0.6 is 11.3 Å². The van der Waals surface area contributed by atoms with E-state index in [1.54, 1.807) is 6.20 Å². The van der Waals surface area contributed by atoms with Crippen molar-refractivity contribution in [1.82, 2.24) is 15.2 Å². The second-order valence-electron chi connectivity index (χ2n) is 3.77. The van der Waals surface area contributed by atoms with Crippen molar-refractivity contribution in [2.24, 2.45) is 0 Å². The first-order valence-electron chi connectivity index (χ1n) is 5.47. The minimum Gasteiger partial charge on any atom is -0.315 e. The van der Waals surface area contributed by atoms with Crippen molar-refractivity contribution < 1.29 is 4.79 Å². The molecule has 2 heterocycles. The number of rotatable bonds is 3. The molecule has 0 aliphatic carbocycles.